The first-order valence-corrected chi connectivity index (χ1v) is 9.25. The minimum Gasteiger partial charge on any atom is -0.488 e. The first-order chi connectivity index (χ1) is 10.9. The molecule has 122 valence electrons. The van der Waals surface area contributed by atoms with E-state index in [0.717, 1.165) is 17.4 Å². The van der Waals surface area contributed by atoms with Crippen LogP contribution in [0.5, 0.6) is 0 Å². The second-order valence-corrected chi connectivity index (χ2v) is 7.37. The molecule has 0 saturated heterocycles. The van der Waals surface area contributed by atoms with Gasteiger partial charge in [-0.25, -0.2) is 0 Å². The fourth-order valence-electron chi connectivity index (χ4n) is 2.82. The predicted octanol–water partition coefficient (Wildman–Crippen LogP) is 2.13. The molecule has 0 N–H and O–H groups in total. The average Bonchev–Trinajstić information content (AvgIpc) is 2.68. The van der Waals surface area contributed by atoms with Crippen LogP contribution in [0.25, 0.3) is 0 Å². The Morgan fingerprint density at radius 3 is 2.74 bits per heavy atom. The summed E-state index contributed by atoms with van der Waals surface area (Å²) in [5.41, 5.74) is 2.83. The van der Waals surface area contributed by atoms with E-state index in [9.17, 15) is 13.2 Å². The first kappa shape index (κ1) is 16.0. The third-order valence-electron chi connectivity index (χ3n) is 4.01. The number of Topliss-reactive ketones (excluding diaryl/α,β-unsaturated/α-hetero) is 1. The predicted molar refractivity (Wildman–Crippen MR) is 85.0 cm³/mol. The number of benzene rings is 1. The molecule has 1 aromatic carbocycles. The normalized spacial score (nSPS) is 20.6. The molecule has 0 spiro atoms. The van der Waals surface area contributed by atoms with E-state index in [2.05, 4.69) is 0 Å². The van der Waals surface area contributed by atoms with Gasteiger partial charge in [-0.1, -0.05) is 30.3 Å². The van der Waals surface area contributed by atoms with Crippen LogP contribution >= 0.6 is 0 Å². The molecule has 1 aliphatic heterocycles. The zero-order valence-corrected chi connectivity index (χ0v) is 13.6. The third-order valence-corrected chi connectivity index (χ3v) is 4.60. The van der Waals surface area contributed by atoms with E-state index in [4.69, 9.17) is 8.92 Å². The number of hydrogen-bond acceptors (Lipinski definition) is 5. The van der Waals surface area contributed by atoms with Crippen LogP contribution in [0.2, 0.25) is 0 Å². The van der Waals surface area contributed by atoms with Crippen LogP contribution in [0.15, 0.2) is 47.7 Å². The molecule has 6 heteroatoms. The Kier molecular flexibility index (Phi) is 4.37. The Labute approximate surface area is 135 Å². The Morgan fingerprint density at radius 2 is 2.00 bits per heavy atom. The minimum absolute atomic E-state index is 0.000360. The highest BCUT2D eigenvalue weighted by Gasteiger charge is 2.29. The van der Waals surface area contributed by atoms with Gasteiger partial charge in [-0.05, 0) is 23.6 Å². The van der Waals surface area contributed by atoms with Crippen LogP contribution < -0.4 is 0 Å². The Bertz CT molecular complexity index is 789. The largest absolute Gasteiger partial charge is 0.488 e. The maximum Gasteiger partial charge on any atom is 0.264 e. The molecule has 23 heavy (non-hydrogen) atoms. The van der Waals surface area contributed by atoms with Gasteiger partial charge in [0.2, 0.25) is 0 Å². The van der Waals surface area contributed by atoms with Gasteiger partial charge in [0.1, 0.15) is 12.4 Å². The van der Waals surface area contributed by atoms with Crippen molar-refractivity contribution in [3.63, 3.8) is 0 Å². The van der Waals surface area contributed by atoms with Gasteiger partial charge in [0.25, 0.3) is 10.1 Å². The Balaban J connectivity index is 1.74. The first-order valence-electron chi connectivity index (χ1n) is 7.43. The summed E-state index contributed by atoms with van der Waals surface area (Å²) in [4.78, 5) is 12.7. The van der Waals surface area contributed by atoms with Crippen molar-refractivity contribution in [3.8, 4) is 0 Å². The van der Waals surface area contributed by atoms with Crippen LogP contribution in [0.1, 0.15) is 17.5 Å². The lowest BCUT2D eigenvalue weighted by Crippen LogP contribution is -2.22. The summed E-state index contributed by atoms with van der Waals surface area (Å²) in [6.07, 6.45) is 5.46. The fraction of sp³-hybridized carbons (Fsp3) is 0.353. The van der Waals surface area contributed by atoms with E-state index >= 15 is 0 Å². The molecule has 1 aromatic rings. The van der Waals surface area contributed by atoms with Crippen LogP contribution in [0.4, 0.5) is 0 Å². The second kappa shape index (κ2) is 6.29. The minimum atomic E-state index is -3.48. The Morgan fingerprint density at radius 1 is 1.26 bits per heavy atom. The quantitative estimate of drug-likeness (QED) is 0.789. The van der Waals surface area contributed by atoms with E-state index in [-0.39, 0.29) is 18.3 Å². The molecular weight excluding hydrogens is 316 g/mol. The number of ether oxygens (including phenoxy) is 1. The van der Waals surface area contributed by atoms with Crippen molar-refractivity contribution in [3.05, 3.63) is 58.9 Å². The van der Waals surface area contributed by atoms with Crippen molar-refractivity contribution in [2.24, 2.45) is 5.92 Å². The highest BCUT2D eigenvalue weighted by molar-refractivity contribution is 7.85. The summed E-state index contributed by atoms with van der Waals surface area (Å²) in [6.45, 7) is 0.453. The molecule has 0 radical (unpaired) electrons. The number of allylic oxidation sites excluding steroid dienone is 3. The maximum absolute atomic E-state index is 12.7. The lowest BCUT2D eigenvalue weighted by molar-refractivity contribution is -0.118. The van der Waals surface area contributed by atoms with Crippen LogP contribution in [0, 0.1) is 5.92 Å². The highest BCUT2D eigenvalue weighted by atomic mass is 32.2. The zero-order chi connectivity index (χ0) is 16.4. The molecule has 3 rings (SSSR count). The van der Waals surface area contributed by atoms with Gasteiger partial charge in [-0.15, -0.1) is 0 Å². The standard InChI is InChI=1S/C17H18O5S/c1-23(19,20)22-9-8-12-6-7-16-15(17(12)18)10-13-4-2-3-5-14(13)11-21-16/h2-7,12H,8-11H2,1H3. The van der Waals surface area contributed by atoms with E-state index in [1.807, 2.05) is 30.3 Å². The Hall–Kier alpha value is -1.92. The van der Waals surface area contributed by atoms with Gasteiger partial charge in [-0.2, -0.15) is 8.42 Å². The lowest BCUT2D eigenvalue weighted by atomic mass is 9.86. The maximum atomic E-state index is 12.7. The molecule has 0 bridgehead atoms. The van der Waals surface area contributed by atoms with Crippen LogP contribution in [-0.4, -0.2) is 27.1 Å². The van der Waals surface area contributed by atoms with Crippen molar-refractivity contribution in [2.45, 2.75) is 19.4 Å². The molecule has 1 heterocycles. The molecule has 0 saturated carbocycles. The van der Waals surface area contributed by atoms with Crippen molar-refractivity contribution >= 4 is 15.9 Å². The van der Waals surface area contributed by atoms with E-state index in [1.54, 1.807) is 6.08 Å². The number of ketones is 1. The molecule has 0 aromatic heterocycles. The van der Waals surface area contributed by atoms with Crippen molar-refractivity contribution in [1.29, 1.82) is 0 Å². The van der Waals surface area contributed by atoms with E-state index in [1.165, 1.54) is 0 Å². The summed E-state index contributed by atoms with van der Waals surface area (Å²) in [7, 11) is -3.48. The van der Waals surface area contributed by atoms with Gasteiger partial charge in [-0.3, -0.25) is 8.98 Å². The van der Waals surface area contributed by atoms with E-state index in [0.29, 0.717) is 30.8 Å². The summed E-state index contributed by atoms with van der Waals surface area (Å²) in [6, 6.07) is 7.90. The number of rotatable bonds is 4. The van der Waals surface area contributed by atoms with Gasteiger partial charge >= 0.3 is 0 Å². The molecule has 2 aliphatic rings. The monoisotopic (exact) mass is 334 g/mol. The molecule has 0 amide bonds. The smallest absolute Gasteiger partial charge is 0.264 e. The van der Waals surface area contributed by atoms with Gasteiger partial charge in [0.15, 0.2) is 5.78 Å². The third kappa shape index (κ3) is 3.71. The van der Waals surface area contributed by atoms with Crippen molar-refractivity contribution < 1.29 is 22.1 Å². The molecule has 0 fully saturated rings. The van der Waals surface area contributed by atoms with Gasteiger partial charge < -0.3 is 4.74 Å². The summed E-state index contributed by atoms with van der Waals surface area (Å²) < 4.78 is 32.5. The average molecular weight is 334 g/mol. The van der Waals surface area contributed by atoms with Gasteiger partial charge in [0.05, 0.1) is 12.9 Å². The number of carbonyl (C=O) groups is 1. The highest BCUT2D eigenvalue weighted by Crippen LogP contribution is 2.30. The molecule has 1 unspecified atom stereocenters. The summed E-state index contributed by atoms with van der Waals surface area (Å²) >= 11 is 0. The summed E-state index contributed by atoms with van der Waals surface area (Å²) in [5, 5.41) is 0. The number of hydrogen-bond donors (Lipinski definition) is 0. The molecule has 5 nitrogen and oxygen atoms in total. The fourth-order valence-corrected chi connectivity index (χ4v) is 3.22. The van der Waals surface area contributed by atoms with Crippen molar-refractivity contribution in [1.82, 2.24) is 0 Å². The summed E-state index contributed by atoms with van der Waals surface area (Å²) in [5.74, 6) is 0.229. The second-order valence-electron chi connectivity index (χ2n) is 5.72. The topological polar surface area (TPSA) is 69.7 Å². The van der Waals surface area contributed by atoms with E-state index < -0.39 is 10.1 Å². The molecule has 1 aliphatic carbocycles. The van der Waals surface area contributed by atoms with Crippen molar-refractivity contribution in [2.75, 3.05) is 12.9 Å². The number of carbonyl (C=O) groups excluding carboxylic acids is 1. The van der Waals surface area contributed by atoms with Crippen LogP contribution in [0.3, 0.4) is 0 Å². The SMILES string of the molecule is CS(=O)(=O)OCCC1C=CC2=C(Cc3ccccc3CO2)C1=O. The lowest BCUT2D eigenvalue weighted by Gasteiger charge is -2.19. The van der Waals surface area contributed by atoms with Crippen LogP contribution in [-0.2, 0) is 36.9 Å². The molecule has 1 atom stereocenters. The number of fused-ring (bicyclic) bond motifs is 1. The van der Waals surface area contributed by atoms with Gasteiger partial charge in [0, 0.05) is 17.9 Å². The zero-order valence-electron chi connectivity index (χ0n) is 12.8. The molecular formula is C17H18O5S.